The summed E-state index contributed by atoms with van der Waals surface area (Å²) in [6.45, 7) is 3.57. The fourth-order valence-electron chi connectivity index (χ4n) is 5.21. The molecule has 1 amide bonds. The highest BCUT2D eigenvalue weighted by atomic mass is 35.5. The van der Waals surface area contributed by atoms with E-state index in [0.29, 0.717) is 39.3 Å². The van der Waals surface area contributed by atoms with Crippen molar-refractivity contribution in [1.29, 1.82) is 0 Å². The van der Waals surface area contributed by atoms with E-state index < -0.39 is 0 Å². The van der Waals surface area contributed by atoms with Gasteiger partial charge in [-0.3, -0.25) is 10.00 Å². The van der Waals surface area contributed by atoms with Gasteiger partial charge in [-0.05, 0) is 29.8 Å². The highest BCUT2D eigenvalue weighted by molar-refractivity contribution is 7.20. The third-order valence-electron chi connectivity index (χ3n) is 7.39. The van der Waals surface area contributed by atoms with Crippen LogP contribution >= 0.6 is 23.7 Å². The van der Waals surface area contributed by atoms with E-state index in [4.69, 9.17) is 9.47 Å². The molecule has 220 valence electrons. The number of hydrogen-bond acceptors (Lipinski definition) is 9. The molecule has 2 N–H and O–H groups in total. The molecule has 12 heteroatoms. The standard InChI is InChI=1S/C31H29N7O3S.ClH/c39-31(37-10-12-40-13-11-37)41-25-15-23(32-18-25)6-8-26-16-27-29(42-26)30(34-20-33-27)36-24-7-9-28-22(14-24)17-35-38(28)19-21-4-2-1-3-5-21;/h1-5,7,9,14,16-17,20,23,25,32H,10-13,15,18-19H2,(H,33,34,36);1H. The van der Waals surface area contributed by atoms with Crippen LogP contribution in [-0.4, -0.2) is 75.7 Å². The number of amides is 1. The number of benzene rings is 2. The number of hydrogen-bond donors (Lipinski definition) is 2. The van der Waals surface area contributed by atoms with Crippen molar-refractivity contribution in [3.8, 4) is 11.8 Å². The molecule has 3 aromatic heterocycles. The minimum Gasteiger partial charge on any atom is -0.445 e. The predicted molar refractivity (Wildman–Crippen MR) is 169 cm³/mol. The smallest absolute Gasteiger partial charge is 0.410 e. The average Bonchev–Trinajstić information content (AvgIpc) is 3.76. The van der Waals surface area contributed by atoms with Crippen LogP contribution in [0.3, 0.4) is 0 Å². The summed E-state index contributed by atoms with van der Waals surface area (Å²) >= 11 is 1.56. The van der Waals surface area contributed by atoms with Crippen molar-refractivity contribution >= 4 is 62.5 Å². The lowest BCUT2D eigenvalue weighted by molar-refractivity contribution is 0.0156. The number of carbonyl (C=O) groups excluding carboxylic acids is 1. The van der Waals surface area contributed by atoms with Crippen LogP contribution in [0.15, 0.2) is 67.1 Å². The van der Waals surface area contributed by atoms with Gasteiger partial charge in [0, 0.05) is 37.1 Å². The molecule has 2 saturated heterocycles. The number of aromatic nitrogens is 4. The number of rotatable bonds is 5. The highest BCUT2D eigenvalue weighted by Crippen LogP contribution is 2.31. The molecule has 2 atom stereocenters. The Labute approximate surface area is 258 Å². The predicted octanol–water partition coefficient (Wildman–Crippen LogP) is 4.81. The molecule has 2 aliphatic rings. The van der Waals surface area contributed by atoms with E-state index in [9.17, 15) is 4.79 Å². The third-order valence-corrected chi connectivity index (χ3v) is 8.43. The fourth-order valence-corrected chi connectivity index (χ4v) is 6.13. The zero-order valence-corrected chi connectivity index (χ0v) is 24.9. The maximum Gasteiger partial charge on any atom is 0.410 e. The summed E-state index contributed by atoms with van der Waals surface area (Å²) in [6, 6.07) is 18.5. The first kappa shape index (κ1) is 28.9. The summed E-state index contributed by atoms with van der Waals surface area (Å²) in [6.07, 6.45) is 3.65. The van der Waals surface area contributed by atoms with Gasteiger partial charge in [-0.2, -0.15) is 5.10 Å². The molecule has 7 rings (SSSR count). The van der Waals surface area contributed by atoms with Gasteiger partial charge in [-0.1, -0.05) is 42.2 Å². The van der Waals surface area contributed by atoms with Gasteiger partial charge in [0.25, 0.3) is 0 Å². The van der Waals surface area contributed by atoms with E-state index in [1.165, 1.54) is 5.56 Å². The summed E-state index contributed by atoms with van der Waals surface area (Å²) < 4.78 is 13.9. The maximum absolute atomic E-state index is 12.4. The Hall–Kier alpha value is -4.21. The molecule has 5 aromatic rings. The molecular formula is C31H30ClN7O3S. The monoisotopic (exact) mass is 615 g/mol. The summed E-state index contributed by atoms with van der Waals surface area (Å²) in [7, 11) is 0. The van der Waals surface area contributed by atoms with Gasteiger partial charge >= 0.3 is 6.09 Å². The van der Waals surface area contributed by atoms with Crippen LogP contribution in [-0.2, 0) is 16.0 Å². The molecular weight excluding hydrogens is 586 g/mol. The van der Waals surface area contributed by atoms with Crippen LogP contribution in [0.5, 0.6) is 0 Å². The topological polar surface area (TPSA) is 106 Å². The number of nitrogens with zero attached hydrogens (tertiary/aromatic N) is 5. The van der Waals surface area contributed by atoms with Crippen molar-refractivity contribution in [3.63, 3.8) is 0 Å². The SMILES string of the molecule is Cl.O=C(OC1CNC(C#Cc2cc3ncnc(Nc4ccc5c(cnn5Cc5ccccc5)c4)c3s2)C1)N1CCOCC1. The maximum atomic E-state index is 12.4. The number of ether oxygens (including phenoxy) is 2. The summed E-state index contributed by atoms with van der Waals surface area (Å²) in [5, 5.41) is 12.5. The highest BCUT2D eigenvalue weighted by Gasteiger charge is 2.28. The van der Waals surface area contributed by atoms with Crippen molar-refractivity contribution < 1.29 is 14.3 Å². The van der Waals surface area contributed by atoms with Crippen LogP contribution in [0.1, 0.15) is 16.9 Å². The molecule has 5 heterocycles. The molecule has 0 saturated carbocycles. The van der Waals surface area contributed by atoms with E-state index >= 15 is 0 Å². The summed E-state index contributed by atoms with van der Waals surface area (Å²) in [4.78, 5) is 24.0. The molecule has 10 nitrogen and oxygen atoms in total. The zero-order chi connectivity index (χ0) is 28.3. The minimum absolute atomic E-state index is 0. The molecule has 0 spiro atoms. The van der Waals surface area contributed by atoms with Gasteiger partial charge in [0.1, 0.15) is 12.4 Å². The van der Waals surface area contributed by atoms with Gasteiger partial charge in [0.2, 0.25) is 0 Å². The molecule has 0 radical (unpaired) electrons. The molecule has 2 unspecified atom stereocenters. The lowest BCUT2D eigenvalue weighted by Gasteiger charge is -2.27. The van der Waals surface area contributed by atoms with Crippen LogP contribution in [0, 0.1) is 11.8 Å². The summed E-state index contributed by atoms with van der Waals surface area (Å²) in [5.41, 5.74) is 4.05. The van der Waals surface area contributed by atoms with Crippen molar-refractivity contribution in [2.24, 2.45) is 0 Å². The van der Waals surface area contributed by atoms with Crippen LogP contribution < -0.4 is 10.6 Å². The Balaban J connectivity index is 0.00000329. The van der Waals surface area contributed by atoms with Crippen LogP contribution in [0.25, 0.3) is 21.1 Å². The van der Waals surface area contributed by atoms with E-state index in [1.807, 2.05) is 41.2 Å². The Morgan fingerprint density at radius 2 is 2.00 bits per heavy atom. The fraction of sp³-hybridized carbons (Fsp3) is 0.290. The quantitative estimate of drug-likeness (QED) is 0.272. The number of thiophene rings is 1. The molecule has 0 aliphatic carbocycles. The first-order valence-electron chi connectivity index (χ1n) is 14.0. The number of fused-ring (bicyclic) bond motifs is 2. The first-order chi connectivity index (χ1) is 20.7. The van der Waals surface area contributed by atoms with Crippen molar-refractivity contribution in [2.45, 2.75) is 25.1 Å². The van der Waals surface area contributed by atoms with Crippen molar-refractivity contribution in [3.05, 3.63) is 77.6 Å². The molecule has 2 aromatic carbocycles. The van der Waals surface area contributed by atoms with Gasteiger partial charge in [-0.15, -0.1) is 23.7 Å². The van der Waals surface area contributed by atoms with Crippen LogP contribution in [0.4, 0.5) is 16.3 Å². The normalized spacial score (nSPS) is 18.2. The number of anilines is 2. The van der Waals surface area contributed by atoms with Gasteiger partial charge in [0.05, 0.1) is 52.6 Å². The van der Waals surface area contributed by atoms with E-state index in [0.717, 1.165) is 44.0 Å². The van der Waals surface area contributed by atoms with Gasteiger partial charge in [0.15, 0.2) is 5.82 Å². The average molecular weight is 616 g/mol. The molecule has 43 heavy (non-hydrogen) atoms. The number of halogens is 1. The number of morpholine rings is 1. The molecule has 2 aliphatic heterocycles. The van der Waals surface area contributed by atoms with E-state index in [1.54, 1.807) is 22.6 Å². The lowest BCUT2D eigenvalue weighted by atomic mass is 10.2. The van der Waals surface area contributed by atoms with E-state index in [2.05, 4.69) is 61.8 Å². The van der Waals surface area contributed by atoms with Crippen LogP contribution in [0.2, 0.25) is 0 Å². The van der Waals surface area contributed by atoms with Gasteiger partial charge in [-0.25, -0.2) is 14.8 Å². The molecule has 2 fully saturated rings. The first-order valence-corrected chi connectivity index (χ1v) is 14.8. The third kappa shape index (κ3) is 6.58. The largest absolute Gasteiger partial charge is 0.445 e. The van der Waals surface area contributed by atoms with Crippen molar-refractivity contribution in [2.75, 3.05) is 38.2 Å². The van der Waals surface area contributed by atoms with Gasteiger partial charge < -0.3 is 19.7 Å². The Bertz CT molecular complexity index is 1790. The van der Waals surface area contributed by atoms with Crippen molar-refractivity contribution in [1.82, 2.24) is 30.0 Å². The summed E-state index contributed by atoms with van der Waals surface area (Å²) in [5.74, 6) is 7.32. The number of carbonyl (C=O) groups is 1. The lowest BCUT2D eigenvalue weighted by Crippen LogP contribution is -2.42. The van der Waals surface area contributed by atoms with E-state index in [-0.39, 0.29) is 30.6 Å². The Morgan fingerprint density at radius 1 is 1.14 bits per heavy atom. The second kappa shape index (κ2) is 13.0. The zero-order valence-electron chi connectivity index (χ0n) is 23.2. The second-order valence-electron chi connectivity index (χ2n) is 10.3. The Morgan fingerprint density at radius 3 is 2.86 bits per heavy atom. The minimum atomic E-state index is -0.276. The number of nitrogens with one attached hydrogen (secondary N) is 2. The molecule has 0 bridgehead atoms. The Kier molecular flexibility index (Phi) is 8.72. The second-order valence-corrected chi connectivity index (χ2v) is 11.4.